The van der Waals surface area contributed by atoms with Gasteiger partial charge in [-0.05, 0) is 38.8 Å². The van der Waals surface area contributed by atoms with Gasteiger partial charge < -0.3 is 20.3 Å². The average Bonchev–Trinajstić information content (AvgIpc) is 2.50. The van der Waals surface area contributed by atoms with Crippen LogP contribution < -0.4 is 10.6 Å². The molecule has 1 aromatic carbocycles. The Bertz CT molecular complexity index is 564. The molecule has 0 aliphatic heterocycles. The number of aliphatic imine (C=N–C) groups is 1. The molecule has 134 valence electrons. The molecular formula is C18H30N4O2. The zero-order chi connectivity index (χ0) is 18.2. The van der Waals surface area contributed by atoms with Crippen molar-refractivity contribution in [2.45, 2.75) is 39.8 Å². The molecule has 1 aromatic rings. The van der Waals surface area contributed by atoms with E-state index in [1.165, 1.54) is 11.1 Å². The minimum absolute atomic E-state index is 0.327. The van der Waals surface area contributed by atoms with E-state index in [0.717, 1.165) is 0 Å². The van der Waals surface area contributed by atoms with Crippen molar-refractivity contribution in [2.75, 3.05) is 27.2 Å². The lowest BCUT2D eigenvalue weighted by Gasteiger charge is -2.25. The fraction of sp³-hybridized carbons (Fsp3) is 0.556. The molecule has 0 saturated heterocycles. The smallest absolute Gasteiger partial charge is 0.410 e. The maximum atomic E-state index is 11.9. The van der Waals surface area contributed by atoms with Crippen molar-refractivity contribution in [3.63, 3.8) is 0 Å². The van der Waals surface area contributed by atoms with Gasteiger partial charge in [-0.2, -0.15) is 0 Å². The third-order valence-electron chi connectivity index (χ3n) is 3.38. The molecule has 6 heteroatoms. The van der Waals surface area contributed by atoms with Crippen molar-refractivity contribution in [3.8, 4) is 0 Å². The summed E-state index contributed by atoms with van der Waals surface area (Å²) in [5, 5.41) is 6.47. The Kier molecular flexibility index (Phi) is 7.55. The SMILES string of the molecule is CN=C(NCCN(C)C(=O)OC(C)(C)C)NCc1ccccc1C. The Morgan fingerprint density at radius 2 is 1.92 bits per heavy atom. The van der Waals surface area contributed by atoms with E-state index in [1.54, 1.807) is 19.0 Å². The minimum atomic E-state index is -0.482. The average molecular weight is 334 g/mol. The molecule has 0 unspecified atom stereocenters. The Morgan fingerprint density at radius 3 is 2.50 bits per heavy atom. The van der Waals surface area contributed by atoms with Gasteiger partial charge in [0.25, 0.3) is 0 Å². The monoisotopic (exact) mass is 334 g/mol. The first-order valence-corrected chi connectivity index (χ1v) is 8.16. The van der Waals surface area contributed by atoms with Crippen LogP contribution in [0.25, 0.3) is 0 Å². The fourth-order valence-electron chi connectivity index (χ4n) is 1.98. The number of rotatable bonds is 5. The Labute approximate surface area is 145 Å². The zero-order valence-electron chi connectivity index (χ0n) is 15.6. The molecule has 0 bridgehead atoms. The molecule has 2 N–H and O–H groups in total. The van der Waals surface area contributed by atoms with Crippen molar-refractivity contribution in [1.29, 1.82) is 0 Å². The van der Waals surface area contributed by atoms with Gasteiger partial charge in [0.2, 0.25) is 0 Å². The van der Waals surface area contributed by atoms with E-state index in [9.17, 15) is 4.79 Å². The second kappa shape index (κ2) is 9.15. The number of nitrogens with one attached hydrogen (secondary N) is 2. The molecule has 1 amide bonds. The highest BCUT2D eigenvalue weighted by Gasteiger charge is 2.19. The minimum Gasteiger partial charge on any atom is -0.444 e. The van der Waals surface area contributed by atoms with Crippen LogP contribution in [0, 0.1) is 6.92 Å². The maximum Gasteiger partial charge on any atom is 0.410 e. The highest BCUT2D eigenvalue weighted by Crippen LogP contribution is 2.08. The number of benzene rings is 1. The molecule has 0 atom stereocenters. The zero-order valence-corrected chi connectivity index (χ0v) is 15.6. The van der Waals surface area contributed by atoms with Crippen LogP contribution in [0.2, 0.25) is 0 Å². The molecule has 0 heterocycles. The van der Waals surface area contributed by atoms with Crippen molar-refractivity contribution in [2.24, 2.45) is 4.99 Å². The second-order valence-electron chi connectivity index (χ2n) is 6.68. The number of likely N-dealkylation sites (N-methyl/N-ethyl adjacent to an activating group) is 1. The Morgan fingerprint density at radius 1 is 1.25 bits per heavy atom. The van der Waals surface area contributed by atoms with E-state index in [-0.39, 0.29) is 6.09 Å². The Hall–Kier alpha value is -2.24. The predicted octanol–water partition coefficient (Wildman–Crippen LogP) is 2.53. The summed E-state index contributed by atoms with van der Waals surface area (Å²) in [6.45, 7) is 9.47. The lowest BCUT2D eigenvalue weighted by Crippen LogP contribution is -2.42. The van der Waals surface area contributed by atoms with E-state index in [0.29, 0.717) is 25.6 Å². The topological polar surface area (TPSA) is 66.0 Å². The van der Waals surface area contributed by atoms with Crippen LogP contribution in [0.3, 0.4) is 0 Å². The van der Waals surface area contributed by atoms with Gasteiger partial charge in [0, 0.05) is 33.7 Å². The largest absolute Gasteiger partial charge is 0.444 e. The number of hydrogen-bond acceptors (Lipinski definition) is 3. The van der Waals surface area contributed by atoms with Crippen LogP contribution in [0.1, 0.15) is 31.9 Å². The third-order valence-corrected chi connectivity index (χ3v) is 3.38. The molecular weight excluding hydrogens is 304 g/mol. The predicted molar refractivity (Wildman–Crippen MR) is 98.2 cm³/mol. The Balaban J connectivity index is 2.37. The highest BCUT2D eigenvalue weighted by molar-refractivity contribution is 5.79. The number of ether oxygens (including phenoxy) is 1. The number of carbonyl (C=O) groups is 1. The fourth-order valence-corrected chi connectivity index (χ4v) is 1.98. The van der Waals surface area contributed by atoms with Gasteiger partial charge in [0.15, 0.2) is 5.96 Å². The first-order valence-electron chi connectivity index (χ1n) is 8.16. The maximum absolute atomic E-state index is 11.9. The lowest BCUT2D eigenvalue weighted by atomic mass is 10.1. The van der Waals surface area contributed by atoms with Crippen LogP contribution >= 0.6 is 0 Å². The molecule has 0 aliphatic carbocycles. The van der Waals surface area contributed by atoms with Crippen LogP contribution in [-0.4, -0.2) is 49.7 Å². The molecule has 0 aliphatic rings. The van der Waals surface area contributed by atoms with Gasteiger partial charge in [-0.25, -0.2) is 4.79 Å². The summed E-state index contributed by atoms with van der Waals surface area (Å²) >= 11 is 0. The van der Waals surface area contributed by atoms with Crippen LogP contribution in [0.5, 0.6) is 0 Å². The number of aryl methyl sites for hydroxylation is 1. The number of carbonyl (C=O) groups excluding carboxylic acids is 1. The van der Waals surface area contributed by atoms with Crippen molar-refractivity contribution in [3.05, 3.63) is 35.4 Å². The second-order valence-corrected chi connectivity index (χ2v) is 6.68. The number of amides is 1. The van der Waals surface area contributed by atoms with Gasteiger partial charge in [0.05, 0.1) is 0 Å². The van der Waals surface area contributed by atoms with Crippen molar-refractivity contribution < 1.29 is 9.53 Å². The standard InChI is InChI=1S/C18H30N4O2/c1-14-9-7-8-10-15(14)13-21-16(19-5)20-11-12-22(6)17(23)24-18(2,3)4/h7-10H,11-13H2,1-6H3,(H2,19,20,21). The number of hydrogen-bond donors (Lipinski definition) is 2. The van der Waals surface area contributed by atoms with E-state index < -0.39 is 5.60 Å². The van der Waals surface area contributed by atoms with E-state index in [4.69, 9.17) is 4.74 Å². The van der Waals surface area contributed by atoms with Gasteiger partial charge in [-0.1, -0.05) is 24.3 Å². The molecule has 0 saturated carbocycles. The number of nitrogens with zero attached hydrogens (tertiary/aromatic N) is 2. The summed E-state index contributed by atoms with van der Waals surface area (Å²) in [5.74, 6) is 0.704. The van der Waals surface area contributed by atoms with E-state index in [1.807, 2.05) is 32.9 Å². The van der Waals surface area contributed by atoms with Gasteiger partial charge in [-0.3, -0.25) is 4.99 Å². The molecule has 24 heavy (non-hydrogen) atoms. The molecule has 0 aromatic heterocycles. The quantitative estimate of drug-likeness (QED) is 0.641. The van der Waals surface area contributed by atoms with Gasteiger partial charge >= 0.3 is 6.09 Å². The van der Waals surface area contributed by atoms with E-state index >= 15 is 0 Å². The molecule has 1 rings (SSSR count). The van der Waals surface area contributed by atoms with Crippen LogP contribution in [0.4, 0.5) is 4.79 Å². The van der Waals surface area contributed by atoms with Crippen LogP contribution in [0.15, 0.2) is 29.3 Å². The first kappa shape index (κ1) is 19.8. The molecule has 0 radical (unpaired) electrons. The summed E-state index contributed by atoms with van der Waals surface area (Å²) in [6.07, 6.45) is -0.327. The summed E-state index contributed by atoms with van der Waals surface area (Å²) in [5.41, 5.74) is 1.99. The number of guanidine groups is 1. The van der Waals surface area contributed by atoms with Crippen LogP contribution in [-0.2, 0) is 11.3 Å². The van der Waals surface area contributed by atoms with E-state index in [2.05, 4.69) is 34.7 Å². The molecule has 0 fully saturated rings. The summed E-state index contributed by atoms with van der Waals surface area (Å²) in [4.78, 5) is 17.6. The van der Waals surface area contributed by atoms with Gasteiger partial charge in [0.1, 0.15) is 5.60 Å². The summed E-state index contributed by atoms with van der Waals surface area (Å²) in [6, 6.07) is 8.23. The first-order chi connectivity index (χ1) is 11.2. The lowest BCUT2D eigenvalue weighted by molar-refractivity contribution is 0.0302. The molecule has 6 nitrogen and oxygen atoms in total. The molecule has 0 spiro atoms. The third kappa shape index (κ3) is 7.35. The van der Waals surface area contributed by atoms with Crippen molar-refractivity contribution in [1.82, 2.24) is 15.5 Å². The normalized spacial score (nSPS) is 11.8. The summed E-state index contributed by atoms with van der Waals surface area (Å²) in [7, 11) is 3.45. The van der Waals surface area contributed by atoms with Gasteiger partial charge in [-0.15, -0.1) is 0 Å². The summed E-state index contributed by atoms with van der Waals surface area (Å²) < 4.78 is 5.32. The van der Waals surface area contributed by atoms with Crippen molar-refractivity contribution >= 4 is 12.1 Å². The highest BCUT2D eigenvalue weighted by atomic mass is 16.6.